The van der Waals surface area contributed by atoms with Gasteiger partial charge in [0.25, 0.3) is 5.91 Å². The second kappa shape index (κ2) is 4.40. The monoisotopic (exact) mass is 241 g/mol. The molecule has 0 radical (unpaired) electrons. The van der Waals surface area contributed by atoms with Gasteiger partial charge < -0.3 is 11.1 Å². The van der Waals surface area contributed by atoms with Crippen molar-refractivity contribution in [2.45, 2.75) is 13.0 Å². The molecule has 1 fully saturated rings. The predicted octanol–water partition coefficient (Wildman–Crippen LogP) is 1.14. The molecule has 3 amide bonds. The third kappa shape index (κ3) is 1.81. The van der Waals surface area contributed by atoms with Crippen LogP contribution < -0.4 is 16.0 Å². The molecular weight excluding hydrogens is 230 g/mol. The van der Waals surface area contributed by atoms with Gasteiger partial charge in [-0.15, -0.1) is 12.4 Å². The number of nitrogens with two attached hydrogens (primary N) is 1. The molecule has 86 valence electrons. The molecule has 1 aliphatic rings. The van der Waals surface area contributed by atoms with E-state index in [-0.39, 0.29) is 18.3 Å². The maximum atomic E-state index is 11.7. The highest BCUT2D eigenvalue weighted by Gasteiger charge is 2.36. The Bertz CT molecular complexity index is 436. The number of carbonyl (C=O) groups is 2. The summed E-state index contributed by atoms with van der Waals surface area (Å²) in [7, 11) is 0. The fourth-order valence-corrected chi connectivity index (χ4v) is 1.52. The zero-order valence-electron chi connectivity index (χ0n) is 8.64. The Balaban J connectivity index is 0.00000128. The van der Waals surface area contributed by atoms with Crippen molar-refractivity contribution in [2.75, 3.05) is 10.6 Å². The van der Waals surface area contributed by atoms with Gasteiger partial charge in [0.15, 0.2) is 0 Å². The van der Waals surface area contributed by atoms with E-state index < -0.39 is 12.1 Å². The quantitative estimate of drug-likeness (QED) is 0.572. The number of benzene rings is 1. The van der Waals surface area contributed by atoms with E-state index in [1.165, 1.54) is 0 Å². The molecule has 1 unspecified atom stereocenters. The molecule has 16 heavy (non-hydrogen) atoms. The van der Waals surface area contributed by atoms with Crippen molar-refractivity contribution < 1.29 is 9.59 Å². The van der Waals surface area contributed by atoms with Gasteiger partial charge in [-0.3, -0.25) is 4.79 Å². The fourth-order valence-electron chi connectivity index (χ4n) is 1.52. The van der Waals surface area contributed by atoms with Crippen LogP contribution >= 0.6 is 12.4 Å². The van der Waals surface area contributed by atoms with Gasteiger partial charge in [0.1, 0.15) is 6.04 Å². The van der Waals surface area contributed by atoms with Crippen LogP contribution in [0.2, 0.25) is 0 Å². The minimum absolute atomic E-state index is 0. The first-order valence-electron chi connectivity index (χ1n) is 4.60. The Hall–Kier alpha value is -1.75. The van der Waals surface area contributed by atoms with Crippen molar-refractivity contribution >= 4 is 35.7 Å². The minimum atomic E-state index is -0.489. The predicted molar refractivity (Wildman–Crippen MR) is 63.6 cm³/mol. The molecule has 2 rings (SSSR count). The van der Waals surface area contributed by atoms with Gasteiger partial charge >= 0.3 is 6.03 Å². The lowest BCUT2D eigenvalue weighted by Gasteiger charge is -2.14. The van der Waals surface area contributed by atoms with E-state index in [2.05, 4.69) is 5.32 Å². The molecule has 1 heterocycles. The summed E-state index contributed by atoms with van der Waals surface area (Å²) >= 11 is 0. The van der Waals surface area contributed by atoms with Crippen LogP contribution in [0.25, 0.3) is 0 Å². The molecule has 0 saturated carbocycles. The summed E-state index contributed by atoms with van der Waals surface area (Å²) in [6.45, 7) is 1.64. The topological polar surface area (TPSA) is 75.4 Å². The summed E-state index contributed by atoms with van der Waals surface area (Å²) in [6.07, 6.45) is 0. The third-order valence-electron chi connectivity index (χ3n) is 2.31. The Kier molecular flexibility index (Phi) is 3.39. The van der Waals surface area contributed by atoms with Crippen LogP contribution in [-0.2, 0) is 4.79 Å². The summed E-state index contributed by atoms with van der Waals surface area (Å²) < 4.78 is 0. The van der Waals surface area contributed by atoms with Crippen molar-refractivity contribution in [3.63, 3.8) is 0 Å². The van der Waals surface area contributed by atoms with Crippen LogP contribution in [0.15, 0.2) is 24.3 Å². The molecular formula is C10H12ClN3O2. The SMILES string of the molecule is CC1NC(=O)N(c2ccccc2N)C1=O.Cl. The zero-order valence-corrected chi connectivity index (χ0v) is 9.45. The van der Waals surface area contributed by atoms with Crippen molar-refractivity contribution in [3.05, 3.63) is 24.3 Å². The molecule has 1 saturated heterocycles. The number of nitrogens with zero attached hydrogens (tertiary/aromatic N) is 1. The molecule has 0 spiro atoms. The second-order valence-corrected chi connectivity index (χ2v) is 3.40. The minimum Gasteiger partial charge on any atom is -0.397 e. The van der Waals surface area contributed by atoms with E-state index in [0.29, 0.717) is 11.4 Å². The number of anilines is 2. The summed E-state index contributed by atoms with van der Waals surface area (Å²) in [5, 5.41) is 2.52. The van der Waals surface area contributed by atoms with Gasteiger partial charge in [0.05, 0.1) is 11.4 Å². The number of nitrogens with one attached hydrogen (secondary N) is 1. The van der Waals surface area contributed by atoms with Gasteiger partial charge in [0, 0.05) is 0 Å². The molecule has 0 bridgehead atoms. The number of amides is 3. The Morgan fingerprint density at radius 2 is 1.94 bits per heavy atom. The summed E-state index contributed by atoms with van der Waals surface area (Å²) in [4.78, 5) is 24.2. The number of imide groups is 1. The fraction of sp³-hybridized carbons (Fsp3) is 0.200. The number of para-hydroxylation sites is 2. The van der Waals surface area contributed by atoms with Crippen molar-refractivity contribution in [1.29, 1.82) is 0 Å². The highest BCUT2D eigenvalue weighted by Crippen LogP contribution is 2.25. The molecule has 1 atom stereocenters. The Morgan fingerprint density at radius 3 is 2.44 bits per heavy atom. The van der Waals surface area contributed by atoms with Gasteiger partial charge in [-0.25, -0.2) is 9.69 Å². The van der Waals surface area contributed by atoms with Crippen LogP contribution in [0.1, 0.15) is 6.92 Å². The molecule has 3 N–H and O–H groups in total. The number of urea groups is 1. The van der Waals surface area contributed by atoms with E-state index in [9.17, 15) is 9.59 Å². The molecule has 1 aromatic carbocycles. The average Bonchev–Trinajstić information content (AvgIpc) is 2.43. The lowest BCUT2D eigenvalue weighted by Crippen LogP contribution is -2.31. The van der Waals surface area contributed by atoms with Gasteiger partial charge in [-0.1, -0.05) is 12.1 Å². The number of hydrogen-bond acceptors (Lipinski definition) is 3. The van der Waals surface area contributed by atoms with Crippen LogP contribution in [0, 0.1) is 0 Å². The van der Waals surface area contributed by atoms with Crippen LogP contribution in [0.4, 0.5) is 16.2 Å². The Labute approximate surface area is 99.0 Å². The molecule has 1 aliphatic heterocycles. The number of halogens is 1. The van der Waals surface area contributed by atoms with Gasteiger partial charge in [0.2, 0.25) is 0 Å². The third-order valence-corrected chi connectivity index (χ3v) is 2.31. The molecule has 0 aromatic heterocycles. The lowest BCUT2D eigenvalue weighted by molar-refractivity contribution is -0.117. The van der Waals surface area contributed by atoms with Gasteiger partial charge in [-0.05, 0) is 19.1 Å². The number of hydrogen-bond donors (Lipinski definition) is 2. The van der Waals surface area contributed by atoms with E-state index in [4.69, 9.17) is 5.73 Å². The van der Waals surface area contributed by atoms with Crippen molar-refractivity contribution in [2.24, 2.45) is 0 Å². The van der Waals surface area contributed by atoms with E-state index in [1.54, 1.807) is 31.2 Å². The zero-order chi connectivity index (χ0) is 11.0. The maximum Gasteiger partial charge on any atom is 0.329 e. The number of nitrogen functional groups attached to an aromatic ring is 1. The highest BCUT2D eigenvalue weighted by atomic mass is 35.5. The molecule has 1 aromatic rings. The van der Waals surface area contributed by atoms with Crippen LogP contribution in [-0.4, -0.2) is 18.0 Å². The first-order valence-corrected chi connectivity index (χ1v) is 4.60. The van der Waals surface area contributed by atoms with Crippen LogP contribution in [0.5, 0.6) is 0 Å². The maximum absolute atomic E-state index is 11.7. The summed E-state index contributed by atoms with van der Waals surface area (Å²) in [5.74, 6) is -0.280. The van der Waals surface area contributed by atoms with Crippen LogP contribution in [0.3, 0.4) is 0 Å². The Morgan fingerprint density at radius 1 is 1.31 bits per heavy atom. The first-order chi connectivity index (χ1) is 7.11. The lowest BCUT2D eigenvalue weighted by atomic mass is 10.2. The highest BCUT2D eigenvalue weighted by molar-refractivity contribution is 6.22. The van der Waals surface area contributed by atoms with E-state index >= 15 is 0 Å². The second-order valence-electron chi connectivity index (χ2n) is 3.40. The normalized spacial score (nSPS) is 19.3. The summed E-state index contributed by atoms with van der Waals surface area (Å²) in [6, 6.07) is 5.86. The van der Waals surface area contributed by atoms with Gasteiger partial charge in [-0.2, -0.15) is 0 Å². The largest absolute Gasteiger partial charge is 0.397 e. The number of carbonyl (C=O) groups excluding carboxylic acids is 2. The van der Waals surface area contributed by atoms with E-state index in [0.717, 1.165) is 4.90 Å². The number of rotatable bonds is 1. The average molecular weight is 242 g/mol. The van der Waals surface area contributed by atoms with Crippen molar-refractivity contribution in [1.82, 2.24) is 5.32 Å². The van der Waals surface area contributed by atoms with E-state index in [1.807, 2.05) is 0 Å². The summed E-state index contributed by atoms with van der Waals surface area (Å²) in [5.41, 5.74) is 6.54. The standard InChI is InChI=1S/C10H11N3O2.ClH/c1-6-9(14)13(10(15)12-6)8-5-3-2-4-7(8)11;/h2-6H,11H2,1H3,(H,12,15);1H. The molecule has 5 nitrogen and oxygen atoms in total. The first kappa shape index (κ1) is 12.3. The van der Waals surface area contributed by atoms with Crippen molar-refractivity contribution in [3.8, 4) is 0 Å². The molecule has 0 aliphatic carbocycles. The molecule has 6 heteroatoms. The smallest absolute Gasteiger partial charge is 0.329 e.